The molecular weight excluding hydrogens is 294 g/mol. The molecule has 1 aromatic heterocycles. The van der Waals surface area contributed by atoms with E-state index >= 15 is 0 Å². The van der Waals surface area contributed by atoms with Crippen molar-refractivity contribution in [1.29, 1.82) is 0 Å². The van der Waals surface area contributed by atoms with E-state index in [4.69, 9.17) is 4.74 Å². The van der Waals surface area contributed by atoms with E-state index in [9.17, 15) is 0 Å². The summed E-state index contributed by atoms with van der Waals surface area (Å²) in [6, 6.07) is 1.80. The highest BCUT2D eigenvalue weighted by molar-refractivity contribution is 9.09. The third-order valence-corrected chi connectivity index (χ3v) is 4.99. The monoisotopic (exact) mass is 313 g/mol. The molecule has 0 radical (unpaired) electrons. The smallest absolute Gasteiger partial charge is 0.228 e. The van der Waals surface area contributed by atoms with Gasteiger partial charge >= 0.3 is 0 Å². The number of halogens is 1. The van der Waals surface area contributed by atoms with Crippen LogP contribution in [-0.4, -0.2) is 34.5 Å². The second kappa shape index (κ2) is 5.43. The number of hydrogen-bond acceptors (Lipinski definition) is 4. The van der Waals surface area contributed by atoms with Crippen LogP contribution in [-0.2, 0) is 0 Å². The summed E-state index contributed by atoms with van der Waals surface area (Å²) in [5.41, 5.74) is 0.225. The van der Waals surface area contributed by atoms with Crippen molar-refractivity contribution in [2.45, 2.75) is 32.0 Å². The standard InChI is InChI=1S/C13H20BrN3O/c1-4-18-11-5-7-15-12(16-11)17-8-6-10(14)13(2,3)9-17/h5,7,10H,4,6,8-9H2,1-3H3. The van der Waals surface area contributed by atoms with Gasteiger partial charge in [0.2, 0.25) is 11.8 Å². The Morgan fingerprint density at radius 3 is 3.00 bits per heavy atom. The lowest BCUT2D eigenvalue weighted by atomic mass is 9.84. The van der Waals surface area contributed by atoms with Crippen LogP contribution in [0.5, 0.6) is 5.88 Å². The SMILES string of the molecule is CCOc1ccnc(N2CCC(Br)C(C)(C)C2)n1. The fourth-order valence-electron chi connectivity index (χ4n) is 2.21. The molecule has 1 aliphatic rings. The Bertz CT molecular complexity index is 411. The molecular formula is C13H20BrN3O. The molecule has 0 spiro atoms. The lowest BCUT2D eigenvalue weighted by Crippen LogP contribution is -2.47. The fourth-order valence-corrected chi connectivity index (χ4v) is 2.56. The van der Waals surface area contributed by atoms with Gasteiger partial charge in [-0.05, 0) is 18.8 Å². The maximum absolute atomic E-state index is 5.42. The van der Waals surface area contributed by atoms with Crippen molar-refractivity contribution in [3.63, 3.8) is 0 Å². The van der Waals surface area contributed by atoms with Gasteiger partial charge in [0, 0.05) is 30.2 Å². The summed E-state index contributed by atoms with van der Waals surface area (Å²) in [6.07, 6.45) is 2.87. The number of alkyl halides is 1. The van der Waals surface area contributed by atoms with Gasteiger partial charge in [0.1, 0.15) is 0 Å². The van der Waals surface area contributed by atoms with Crippen LogP contribution in [0.25, 0.3) is 0 Å². The lowest BCUT2D eigenvalue weighted by molar-refractivity contribution is 0.304. The first kappa shape index (κ1) is 13.6. The van der Waals surface area contributed by atoms with Crippen molar-refractivity contribution in [1.82, 2.24) is 9.97 Å². The van der Waals surface area contributed by atoms with Crippen LogP contribution in [0.15, 0.2) is 12.3 Å². The van der Waals surface area contributed by atoms with Gasteiger partial charge in [0.25, 0.3) is 0 Å². The Morgan fingerprint density at radius 1 is 1.56 bits per heavy atom. The van der Waals surface area contributed by atoms with Crippen molar-refractivity contribution in [2.24, 2.45) is 5.41 Å². The molecule has 2 heterocycles. The van der Waals surface area contributed by atoms with Crippen LogP contribution in [0.3, 0.4) is 0 Å². The van der Waals surface area contributed by atoms with Gasteiger partial charge in [-0.2, -0.15) is 4.98 Å². The largest absolute Gasteiger partial charge is 0.478 e. The highest BCUT2D eigenvalue weighted by Gasteiger charge is 2.35. The number of ether oxygens (including phenoxy) is 1. The number of anilines is 1. The van der Waals surface area contributed by atoms with Gasteiger partial charge in [-0.15, -0.1) is 0 Å². The quantitative estimate of drug-likeness (QED) is 0.804. The number of aromatic nitrogens is 2. The first-order valence-corrected chi connectivity index (χ1v) is 7.29. The summed E-state index contributed by atoms with van der Waals surface area (Å²) < 4.78 is 5.42. The molecule has 0 aliphatic carbocycles. The molecule has 0 amide bonds. The van der Waals surface area contributed by atoms with Crippen LogP contribution < -0.4 is 9.64 Å². The minimum Gasteiger partial charge on any atom is -0.478 e. The van der Waals surface area contributed by atoms with E-state index in [1.807, 2.05) is 6.92 Å². The zero-order valence-electron chi connectivity index (χ0n) is 11.2. The second-order valence-electron chi connectivity index (χ2n) is 5.29. The summed E-state index contributed by atoms with van der Waals surface area (Å²) in [7, 11) is 0. The van der Waals surface area contributed by atoms with E-state index in [1.165, 1.54) is 0 Å². The van der Waals surface area contributed by atoms with E-state index in [0.29, 0.717) is 17.3 Å². The Kier molecular flexibility index (Phi) is 4.10. The number of nitrogens with zero attached hydrogens (tertiary/aromatic N) is 3. The van der Waals surface area contributed by atoms with E-state index in [-0.39, 0.29) is 5.41 Å². The zero-order chi connectivity index (χ0) is 13.2. The first-order chi connectivity index (χ1) is 8.53. The van der Waals surface area contributed by atoms with Crippen LogP contribution in [0.1, 0.15) is 27.2 Å². The first-order valence-electron chi connectivity index (χ1n) is 6.38. The van der Waals surface area contributed by atoms with E-state index in [0.717, 1.165) is 25.5 Å². The summed E-state index contributed by atoms with van der Waals surface area (Å²) >= 11 is 3.76. The van der Waals surface area contributed by atoms with Crippen molar-refractivity contribution in [2.75, 3.05) is 24.6 Å². The van der Waals surface area contributed by atoms with Crippen molar-refractivity contribution < 1.29 is 4.74 Å². The summed E-state index contributed by atoms with van der Waals surface area (Å²) in [5, 5.41) is 0. The molecule has 0 N–H and O–H groups in total. The topological polar surface area (TPSA) is 38.2 Å². The van der Waals surface area contributed by atoms with Crippen LogP contribution in [0.2, 0.25) is 0 Å². The van der Waals surface area contributed by atoms with Crippen LogP contribution in [0.4, 0.5) is 5.95 Å². The molecule has 100 valence electrons. The zero-order valence-corrected chi connectivity index (χ0v) is 12.8. The Hall–Kier alpha value is -0.840. The minimum atomic E-state index is 0.225. The Labute approximate surface area is 117 Å². The highest BCUT2D eigenvalue weighted by atomic mass is 79.9. The maximum atomic E-state index is 5.42. The van der Waals surface area contributed by atoms with Crippen molar-refractivity contribution in [3.05, 3.63) is 12.3 Å². The predicted octanol–water partition coefficient (Wildman–Crippen LogP) is 2.88. The third-order valence-electron chi connectivity index (χ3n) is 3.29. The van der Waals surface area contributed by atoms with Gasteiger partial charge in [0.15, 0.2) is 0 Å². The normalized spacial score (nSPS) is 22.9. The minimum absolute atomic E-state index is 0.225. The molecule has 18 heavy (non-hydrogen) atoms. The highest BCUT2D eigenvalue weighted by Crippen LogP contribution is 2.35. The summed E-state index contributed by atoms with van der Waals surface area (Å²) in [5.74, 6) is 1.43. The molecule has 1 aliphatic heterocycles. The lowest BCUT2D eigenvalue weighted by Gasteiger charge is -2.41. The summed E-state index contributed by atoms with van der Waals surface area (Å²) in [6.45, 7) is 9.07. The number of piperidine rings is 1. The molecule has 1 fully saturated rings. The fraction of sp³-hybridized carbons (Fsp3) is 0.692. The maximum Gasteiger partial charge on any atom is 0.228 e. The second-order valence-corrected chi connectivity index (χ2v) is 6.40. The van der Waals surface area contributed by atoms with Gasteiger partial charge in [0.05, 0.1) is 6.61 Å². The van der Waals surface area contributed by atoms with E-state index < -0.39 is 0 Å². The molecule has 2 rings (SSSR count). The number of rotatable bonds is 3. The van der Waals surface area contributed by atoms with Crippen LogP contribution in [0, 0.1) is 5.41 Å². The van der Waals surface area contributed by atoms with E-state index in [1.54, 1.807) is 12.3 Å². The molecule has 1 atom stereocenters. The van der Waals surface area contributed by atoms with Gasteiger partial charge in [-0.1, -0.05) is 29.8 Å². The molecule has 0 saturated carbocycles. The third kappa shape index (κ3) is 2.94. The molecule has 0 aromatic carbocycles. The van der Waals surface area contributed by atoms with Gasteiger partial charge in [-0.25, -0.2) is 4.98 Å². The average molecular weight is 314 g/mol. The molecule has 1 aromatic rings. The Balaban J connectivity index is 2.14. The van der Waals surface area contributed by atoms with E-state index in [2.05, 4.69) is 44.6 Å². The van der Waals surface area contributed by atoms with Crippen molar-refractivity contribution in [3.8, 4) is 5.88 Å². The van der Waals surface area contributed by atoms with Crippen molar-refractivity contribution >= 4 is 21.9 Å². The van der Waals surface area contributed by atoms with Crippen LogP contribution >= 0.6 is 15.9 Å². The molecule has 1 saturated heterocycles. The molecule has 4 nitrogen and oxygen atoms in total. The summed E-state index contributed by atoms with van der Waals surface area (Å²) in [4.78, 5) is 11.6. The molecule has 5 heteroatoms. The van der Waals surface area contributed by atoms with Gasteiger partial charge < -0.3 is 9.64 Å². The average Bonchev–Trinajstić information content (AvgIpc) is 2.33. The predicted molar refractivity (Wildman–Crippen MR) is 76.5 cm³/mol. The Morgan fingerprint density at radius 2 is 2.33 bits per heavy atom. The van der Waals surface area contributed by atoms with Gasteiger partial charge in [-0.3, -0.25) is 0 Å². The molecule has 1 unspecified atom stereocenters. The molecule has 0 bridgehead atoms. The number of hydrogen-bond donors (Lipinski definition) is 0.